The topological polar surface area (TPSA) is 81.2 Å². The number of carbonyl (C=O) groups is 1. The minimum atomic E-state index is -0.328. The summed E-state index contributed by atoms with van der Waals surface area (Å²) < 4.78 is 4.91. The first kappa shape index (κ1) is 13.8. The van der Waals surface area contributed by atoms with E-state index >= 15 is 0 Å². The molecule has 0 aliphatic carbocycles. The highest BCUT2D eigenvalue weighted by Gasteiger charge is 2.11. The highest BCUT2D eigenvalue weighted by molar-refractivity contribution is 6.02. The molecule has 102 valence electrons. The highest BCUT2D eigenvalue weighted by Crippen LogP contribution is 2.15. The number of aryl methyl sites for hydroxylation is 2. The molecule has 1 heterocycles. The predicted octanol–water partition coefficient (Wildman–Crippen LogP) is 1.85. The minimum Gasteiger partial charge on any atom is -0.351 e. The number of aromatic nitrogens is 1. The summed E-state index contributed by atoms with van der Waals surface area (Å²) in [7, 11) is 0. The van der Waals surface area contributed by atoms with Gasteiger partial charge in [-0.05, 0) is 37.6 Å². The summed E-state index contributed by atoms with van der Waals surface area (Å²) in [6, 6.07) is 7.07. The van der Waals surface area contributed by atoms with Gasteiger partial charge in [-0.25, -0.2) is 0 Å². The van der Waals surface area contributed by atoms with E-state index in [0.717, 1.165) is 11.1 Å². The minimum absolute atomic E-state index is 0.187. The van der Waals surface area contributed by atoms with Crippen LogP contribution in [0.3, 0.4) is 0 Å². The van der Waals surface area contributed by atoms with Crippen molar-refractivity contribution in [2.45, 2.75) is 13.8 Å². The largest absolute Gasteiger partial charge is 0.351 e. The third-order valence-corrected chi connectivity index (χ3v) is 2.66. The summed E-state index contributed by atoms with van der Waals surface area (Å²) in [6.45, 7) is 4.01. The Kier molecular flexibility index (Phi) is 4.18. The second kappa shape index (κ2) is 6.04. The number of carbonyl (C=O) groups excluding carboxylic acids is 1. The van der Waals surface area contributed by atoms with Crippen LogP contribution in [-0.4, -0.2) is 17.6 Å². The van der Waals surface area contributed by atoms with Crippen LogP contribution in [0.5, 0.6) is 0 Å². The van der Waals surface area contributed by atoms with Gasteiger partial charge < -0.3 is 15.6 Å². The third kappa shape index (κ3) is 3.25. The number of benzene rings is 1. The molecule has 0 aliphatic heterocycles. The zero-order chi connectivity index (χ0) is 14.5. The first-order chi connectivity index (χ1) is 9.60. The van der Waals surface area contributed by atoms with Crippen molar-refractivity contribution in [2.75, 3.05) is 11.9 Å². The Labute approximate surface area is 117 Å². The zero-order valence-electron chi connectivity index (χ0n) is 11.4. The second-order valence-electron chi connectivity index (χ2n) is 4.32. The van der Waals surface area contributed by atoms with Crippen LogP contribution in [-0.2, 0) is 0 Å². The van der Waals surface area contributed by atoms with Gasteiger partial charge in [0.25, 0.3) is 5.91 Å². The van der Waals surface area contributed by atoms with Crippen LogP contribution in [0.1, 0.15) is 27.4 Å². The van der Waals surface area contributed by atoms with Gasteiger partial charge >= 0.3 is 0 Å². The Hall–Kier alpha value is -2.58. The summed E-state index contributed by atoms with van der Waals surface area (Å²) in [5, 5.41) is 6.43. The molecule has 0 spiro atoms. The van der Waals surface area contributed by atoms with Crippen molar-refractivity contribution in [3.63, 3.8) is 0 Å². The molecule has 3 N–H and O–H groups in total. The summed E-state index contributed by atoms with van der Waals surface area (Å²) in [5.41, 5.74) is 8.55. The summed E-state index contributed by atoms with van der Waals surface area (Å²) in [4.78, 5) is 11.9. The van der Waals surface area contributed by atoms with E-state index in [9.17, 15) is 4.79 Å². The third-order valence-electron chi connectivity index (χ3n) is 2.66. The van der Waals surface area contributed by atoms with Crippen LogP contribution < -0.4 is 11.1 Å². The fourth-order valence-electron chi connectivity index (χ4n) is 1.69. The highest BCUT2D eigenvalue weighted by atomic mass is 16.5. The lowest BCUT2D eigenvalue weighted by atomic mass is 10.1. The molecule has 0 saturated carbocycles. The molecule has 0 saturated heterocycles. The number of amides is 1. The Morgan fingerprint density at radius 3 is 2.80 bits per heavy atom. The quantitative estimate of drug-likeness (QED) is 0.815. The van der Waals surface area contributed by atoms with Crippen molar-refractivity contribution in [1.82, 2.24) is 5.16 Å². The average Bonchev–Trinajstić information content (AvgIpc) is 2.85. The number of nitrogens with zero attached hydrogens (tertiary/aromatic N) is 1. The molecule has 0 aliphatic rings. The molecule has 0 radical (unpaired) electrons. The molecule has 1 amide bonds. The fraction of sp³-hybridized carbons (Fsp3) is 0.200. The van der Waals surface area contributed by atoms with Gasteiger partial charge in [-0.1, -0.05) is 17.0 Å². The molecule has 20 heavy (non-hydrogen) atoms. The van der Waals surface area contributed by atoms with Crippen LogP contribution in [0.2, 0.25) is 0 Å². The van der Waals surface area contributed by atoms with Crippen LogP contribution >= 0.6 is 0 Å². The van der Waals surface area contributed by atoms with E-state index in [1.165, 1.54) is 0 Å². The molecule has 5 nitrogen and oxygen atoms in total. The average molecular weight is 269 g/mol. The van der Waals surface area contributed by atoms with Crippen LogP contribution in [0.4, 0.5) is 5.69 Å². The smallest absolute Gasteiger partial charge is 0.294 e. The van der Waals surface area contributed by atoms with E-state index in [2.05, 4.69) is 22.3 Å². The molecular weight excluding hydrogens is 254 g/mol. The van der Waals surface area contributed by atoms with Gasteiger partial charge in [-0.3, -0.25) is 4.79 Å². The molecule has 2 rings (SSSR count). The molecule has 1 aromatic heterocycles. The van der Waals surface area contributed by atoms with Crippen molar-refractivity contribution in [1.29, 1.82) is 0 Å². The first-order valence-corrected chi connectivity index (χ1v) is 6.14. The van der Waals surface area contributed by atoms with Crippen molar-refractivity contribution >= 4 is 11.6 Å². The van der Waals surface area contributed by atoms with E-state index in [0.29, 0.717) is 17.9 Å². The van der Waals surface area contributed by atoms with Gasteiger partial charge in [-0.15, -0.1) is 0 Å². The van der Waals surface area contributed by atoms with Crippen molar-refractivity contribution in [3.05, 3.63) is 46.8 Å². The van der Waals surface area contributed by atoms with Gasteiger partial charge in [-0.2, -0.15) is 0 Å². The van der Waals surface area contributed by atoms with Crippen molar-refractivity contribution in [2.24, 2.45) is 5.73 Å². The molecular formula is C15H15N3O2. The fourth-order valence-corrected chi connectivity index (χ4v) is 1.69. The SMILES string of the molecule is Cc1cc(C(=O)Nc2ccc(C#CCN)c(C)c2)on1. The van der Waals surface area contributed by atoms with E-state index in [1.54, 1.807) is 19.1 Å². The van der Waals surface area contributed by atoms with Gasteiger partial charge in [0, 0.05) is 17.3 Å². The Bertz CT molecular complexity index is 693. The Morgan fingerprint density at radius 2 is 2.20 bits per heavy atom. The van der Waals surface area contributed by atoms with Gasteiger partial charge in [0.2, 0.25) is 5.76 Å². The number of rotatable bonds is 2. The van der Waals surface area contributed by atoms with Crippen molar-refractivity contribution in [3.8, 4) is 11.8 Å². The van der Waals surface area contributed by atoms with Gasteiger partial charge in [0.15, 0.2) is 0 Å². The van der Waals surface area contributed by atoms with E-state index in [-0.39, 0.29) is 11.7 Å². The number of hydrogen-bond donors (Lipinski definition) is 2. The number of anilines is 1. The van der Waals surface area contributed by atoms with E-state index < -0.39 is 0 Å². The molecule has 1 aromatic carbocycles. The number of nitrogens with one attached hydrogen (secondary N) is 1. The maximum Gasteiger partial charge on any atom is 0.294 e. The maximum atomic E-state index is 11.9. The second-order valence-corrected chi connectivity index (χ2v) is 4.32. The lowest BCUT2D eigenvalue weighted by Crippen LogP contribution is -2.11. The zero-order valence-corrected chi connectivity index (χ0v) is 11.4. The van der Waals surface area contributed by atoms with E-state index in [4.69, 9.17) is 10.3 Å². The van der Waals surface area contributed by atoms with Crippen LogP contribution in [0, 0.1) is 25.7 Å². The lowest BCUT2D eigenvalue weighted by molar-refractivity contribution is 0.0988. The Balaban J connectivity index is 2.14. The molecule has 2 aromatic rings. The van der Waals surface area contributed by atoms with Crippen LogP contribution in [0.25, 0.3) is 0 Å². The predicted molar refractivity (Wildman–Crippen MR) is 76.3 cm³/mol. The standard InChI is InChI=1S/C15H15N3O2/c1-10-8-13(6-5-12(10)4-3-7-16)17-15(19)14-9-11(2)18-20-14/h5-6,8-9H,7,16H2,1-2H3,(H,17,19). The van der Waals surface area contributed by atoms with Gasteiger partial charge in [0.05, 0.1) is 12.2 Å². The maximum absolute atomic E-state index is 11.9. The van der Waals surface area contributed by atoms with E-state index in [1.807, 2.05) is 19.1 Å². The van der Waals surface area contributed by atoms with Crippen LogP contribution in [0.15, 0.2) is 28.8 Å². The molecule has 0 unspecified atom stereocenters. The summed E-state index contributed by atoms with van der Waals surface area (Å²) in [5.74, 6) is 5.63. The monoisotopic (exact) mass is 269 g/mol. The molecule has 5 heteroatoms. The number of hydrogen-bond acceptors (Lipinski definition) is 4. The molecule has 0 bridgehead atoms. The normalized spacial score (nSPS) is 9.75. The summed E-state index contributed by atoms with van der Waals surface area (Å²) in [6.07, 6.45) is 0. The first-order valence-electron chi connectivity index (χ1n) is 6.14. The van der Waals surface area contributed by atoms with Crippen molar-refractivity contribution < 1.29 is 9.32 Å². The molecule has 0 fully saturated rings. The lowest BCUT2D eigenvalue weighted by Gasteiger charge is -2.05. The Morgan fingerprint density at radius 1 is 1.40 bits per heavy atom. The number of nitrogens with two attached hydrogens (primary N) is 1. The summed E-state index contributed by atoms with van der Waals surface area (Å²) >= 11 is 0. The molecule has 0 atom stereocenters. The van der Waals surface area contributed by atoms with Gasteiger partial charge in [0.1, 0.15) is 0 Å².